The fraction of sp³-hybridized carbons (Fsp3) is 0.241. The lowest BCUT2D eigenvalue weighted by atomic mass is 9.96. The zero-order valence-corrected chi connectivity index (χ0v) is 19.6. The summed E-state index contributed by atoms with van der Waals surface area (Å²) >= 11 is 0. The second-order valence-electron chi connectivity index (χ2n) is 8.99. The fourth-order valence-corrected chi connectivity index (χ4v) is 4.83. The van der Waals surface area contributed by atoms with Gasteiger partial charge >= 0.3 is 5.97 Å². The van der Waals surface area contributed by atoms with E-state index in [9.17, 15) is 14.3 Å². The number of benzene rings is 3. The lowest BCUT2D eigenvalue weighted by Crippen LogP contribution is -2.35. The molecule has 5 nitrogen and oxygen atoms in total. The number of nitrogens with zero attached hydrogens (tertiary/aromatic N) is 2. The van der Waals surface area contributed by atoms with Gasteiger partial charge in [0.15, 0.2) is 0 Å². The number of carboxylic acid groups (broad SMARTS) is 1. The Morgan fingerprint density at radius 1 is 1.03 bits per heavy atom. The molecule has 0 aliphatic carbocycles. The summed E-state index contributed by atoms with van der Waals surface area (Å²) in [5.74, 6) is -0.478. The van der Waals surface area contributed by atoms with Crippen LogP contribution in [0.3, 0.4) is 0 Å². The number of piperidine rings is 1. The summed E-state index contributed by atoms with van der Waals surface area (Å²) in [5, 5.41) is 10.1. The number of carbonyl (C=O) groups is 1. The first-order chi connectivity index (χ1) is 17.0. The van der Waals surface area contributed by atoms with Crippen molar-refractivity contribution in [1.82, 2.24) is 9.88 Å². The highest BCUT2D eigenvalue weighted by atomic mass is 19.1. The number of ether oxygens (including phenoxy) is 1. The summed E-state index contributed by atoms with van der Waals surface area (Å²) in [6, 6.07) is 22.8. The van der Waals surface area contributed by atoms with E-state index in [2.05, 4.69) is 17.0 Å². The molecule has 6 heteroatoms. The average molecular weight is 471 g/mol. The molecule has 1 aliphatic heterocycles. The normalized spacial score (nSPS) is 14.8. The van der Waals surface area contributed by atoms with E-state index in [1.165, 1.54) is 12.1 Å². The van der Waals surface area contributed by atoms with Gasteiger partial charge in [-0.25, -0.2) is 9.37 Å². The molecule has 0 saturated carbocycles. The van der Waals surface area contributed by atoms with Crippen molar-refractivity contribution in [3.8, 4) is 28.1 Å². The maximum Gasteiger partial charge on any atom is 0.306 e. The monoisotopic (exact) mass is 470 g/mol. The van der Waals surface area contributed by atoms with Gasteiger partial charge in [-0.2, -0.15) is 0 Å². The SMILES string of the molecule is COc1ccccc1-c1ccc(-c2cc(CN3CCC(C(=O)O)CC3)c3cc(F)ccc3n2)cc1. The fourth-order valence-electron chi connectivity index (χ4n) is 4.83. The molecule has 0 radical (unpaired) electrons. The number of halogens is 1. The van der Waals surface area contributed by atoms with E-state index in [4.69, 9.17) is 9.72 Å². The van der Waals surface area contributed by atoms with E-state index < -0.39 is 5.97 Å². The van der Waals surface area contributed by atoms with Crippen molar-refractivity contribution in [3.63, 3.8) is 0 Å². The van der Waals surface area contributed by atoms with Gasteiger partial charge in [0, 0.05) is 23.1 Å². The molecule has 2 heterocycles. The second kappa shape index (κ2) is 9.84. The highest BCUT2D eigenvalue weighted by Crippen LogP contribution is 2.32. The van der Waals surface area contributed by atoms with E-state index >= 15 is 0 Å². The Bertz CT molecular complexity index is 1360. The van der Waals surface area contributed by atoms with Crippen LogP contribution in [-0.2, 0) is 11.3 Å². The number of aliphatic carboxylic acids is 1. The molecule has 1 aliphatic rings. The molecule has 0 unspecified atom stereocenters. The molecule has 0 amide bonds. The van der Waals surface area contributed by atoms with E-state index in [0.717, 1.165) is 44.6 Å². The molecule has 1 aromatic heterocycles. The summed E-state index contributed by atoms with van der Waals surface area (Å²) in [6.45, 7) is 2.04. The molecule has 0 atom stereocenters. The second-order valence-corrected chi connectivity index (χ2v) is 8.99. The van der Waals surface area contributed by atoms with Gasteiger partial charge in [-0.1, -0.05) is 42.5 Å². The average Bonchev–Trinajstić information content (AvgIpc) is 2.89. The van der Waals surface area contributed by atoms with Crippen molar-refractivity contribution >= 4 is 16.9 Å². The van der Waals surface area contributed by atoms with Crippen LogP contribution in [0, 0.1) is 11.7 Å². The van der Waals surface area contributed by atoms with Crippen molar-refractivity contribution in [1.29, 1.82) is 0 Å². The summed E-state index contributed by atoms with van der Waals surface area (Å²) in [5.41, 5.74) is 5.61. The molecule has 178 valence electrons. The number of fused-ring (bicyclic) bond motifs is 1. The Morgan fingerprint density at radius 3 is 2.46 bits per heavy atom. The zero-order chi connectivity index (χ0) is 24.4. The minimum absolute atomic E-state index is 0.282. The number of para-hydroxylation sites is 1. The molecule has 4 aromatic rings. The maximum absolute atomic E-state index is 14.1. The van der Waals surface area contributed by atoms with Crippen LogP contribution < -0.4 is 4.74 Å². The van der Waals surface area contributed by atoms with E-state index in [1.807, 2.05) is 42.5 Å². The van der Waals surface area contributed by atoms with Crippen LogP contribution in [0.25, 0.3) is 33.3 Å². The number of aromatic nitrogens is 1. The van der Waals surface area contributed by atoms with Gasteiger partial charge < -0.3 is 9.84 Å². The van der Waals surface area contributed by atoms with Gasteiger partial charge in [0.1, 0.15) is 11.6 Å². The van der Waals surface area contributed by atoms with Crippen LogP contribution in [0.5, 0.6) is 5.75 Å². The molecule has 3 aromatic carbocycles. The van der Waals surface area contributed by atoms with Crippen molar-refractivity contribution in [2.75, 3.05) is 20.2 Å². The van der Waals surface area contributed by atoms with Gasteiger partial charge in [-0.15, -0.1) is 0 Å². The predicted octanol–water partition coefficient (Wildman–Crippen LogP) is 6.01. The molecule has 1 N–H and O–H groups in total. The van der Waals surface area contributed by atoms with E-state index in [1.54, 1.807) is 13.2 Å². The van der Waals surface area contributed by atoms with Gasteiger partial charge in [-0.05, 0) is 67.4 Å². The third-order valence-electron chi connectivity index (χ3n) is 6.79. The summed E-state index contributed by atoms with van der Waals surface area (Å²) in [7, 11) is 1.67. The number of likely N-dealkylation sites (tertiary alicyclic amines) is 1. The third-order valence-corrected chi connectivity index (χ3v) is 6.79. The number of hydrogen-bond donors (Lipinski definition) is 1. The van der Waals surface area contributed by atoms with Crippen LogP contribution >= 0.6 is 0 Å². The van der Waals surface area contributed by atoms with Crippen molar-refractivity contribution in [3.05, 3.63) is 84.2 Å². The van der Waals surface area contributed by atoms with Gasteiger partial charge in [-0.3, -0.25) is 9.69 Å². The molecule has 0 spiro atoms. The topological polar surface area (TPSA) is 62.7 Å². The first-order valence-electron chi connectivity index (χ1n) is 11.8. The summed E-state index contributed by atoms with van der Waals surface area (Å²) < 4.78 is 19.6. The Morgan fingerprint density at radius 2 is 1.74 bits per heavy atom. The smallest absolute Gasteiger partial charge is 0.306 e. The molecule has 1 fully saturated rings. The van der Waals surface area contributed by atoms with E-state index in [-0.39, 0.29) is 11.7 Å². The Kier molecular flexibility index (Phi) is 6.47. The predicted molar refractivity (Wildman–Crippen MR) is 135 cm³/mol. The van der Waals surface area contributed by atoms with Crippen LogP contribution in [0.1, 0.15) is 18.4 Å². The number of rotatable bonds is 6. The number of carboxylic acids is 1. The maximum atomic E-state index is 14.1. The Labute approximate surface area is 203 Å². The van der Waals surface area contributed by atoms with Crippen LogP contribution in [0.2, 0.25) is 0 Å². The highest BCUT2D eigenvalue weighted by molar-refractivity contribution is 5.85. The van der Waals surface area contributed by atoms with Crippen LogP contribution in [-0.4, -0.2) is 41.2 Å². The zero-order valence-electron chi connectivity index (χ0n) is 19.6. The highest BCUT2D eigenvalue weighted by Gasteiger charge is 2.25. The Hall–Kier alpha value is -3.77. The third kappa shape index (κ3) is 4.88. The van der Waals surface area contributed by atoms with Crippen molar-refractivity contribution in [2.45, 2.75) is 19.4 Å². The number of methoxy groups -OCH3 is 1. The first-order valence-corrected chi connectivity index (χ1v) is 11.8. The summed E-state index contributed by atoms with van der Waals surface area (Å²) in [6.07, 6.45) is 1.26. The lowest BCUT2D eigenvalue weighted by molar-refractivity contribution is -0.143. The van der Waals surface area contributed by atoms with Crippen LogP contribution in [0.4, 0.5) is 4.39 Å². The molecule has 35 heavy (non-hydrogen) atoms. The quantitative estimate of drug-likeness (QED) is 0.374. The molecule has 0 bridgehead atoms. The van der Waals surface area contributed by atoms with Gasteiger partial charge in [0.2, 0.25) is 0 Å². The van der Waals surface area contributed by atoms with Crippen molar-refractivity contribution < 1.29 is 19.0 Å². The minimum Gasteiger partial charge on any atom is -0.496 e. The van der Waals surface area contributed by atoms with Gasteiger partial charge in [0.25, 0.3) is 0 Å². The standard InChI is InChI=1S/C29H27FN2O3/c1-35-28-5-3-2-4-24(28)19-6-8-20(9-7-19)27-16-22(25-17-23(30)10-11-26(25)31-27)18-32-14-12-21(13-15-32)29(33)34/h2-11,16-17,21H,12-15,18H2,1H3,(H,33,34). The van der Waals surface area contributed by atoms with Crippen molar-refractivity contribution in [2.24, 2.45) is 5.92 Å². The molecular weight excluding hydrogens is 443 g/mol. The number of hydrogen-bond acceptors (Lipinski definition) is 4. The first kappa shape index (κ1) is 23.0. The largest absolute Gasteiger partial charge is 0.496 e. The molecular formula is C29H27FN2O3. The molecule has 1 saturated heterocycles. The van der Waals surface area contributed by atoms with Crippen LogP contribution in [0.15, 0.2) is 72.8 Å². The lowest BCUT2D eigenvalue weighted by Gasteiger charge is -2.30. The van der Waals surface area contributed by atoms with Gasteiger partial charge in [0.05, 0.1) is 24.2 Å². The summed E-state index contributed by atoms with van der Waals surface area (Å²) in [4.78, 5) is 18.4. The van der Waals surface area contributed by atoms with E-state index in [0.29, 0.717) is 32.5 Å². The Balaban J connectivity index is 1.47. The minimum atomic E-state index is -0.722. The number of pyridine rings is 1. The molecule has 5 rings (SSSR count).